The Morgan fingerprint density at radius 2 is 1.03 bits per heavy atom. The summed E-state index contributed by atoms with van der Waals surface area (Å²) in [6, 6.07) is 29.3. The molecule has 8 rings (SSSR count). The molecule has 2 N–H and O–H groups in total. The standard InChI is InChI=1S/C32H28N4/c33-18-22-5-1-3-7-26(22)28-9-11-30(35-28)32(24-14-20-13-21(16-24)17-25(32)15-20)31-12-10-29(36-31)27-8-4-2-6-23(27)19-34/h1-12,20-21,24-25,35-36H,13-17H2. The van der Waals surface area contributed by atoms with E-state index in [1.807, 2.05) is 48.5 Å². The number of rotatable bonds is 4. The molecule has 0 saturated heterocycles. The van der Waals surface area contributed by atoms with Gasteiger partial charge in [0.05, 0.1) is 28.7 Å². The van der Waals surface area contributed by atoms with Crippen molar-refractivity contribution in [3.05, 3.63) is 95.3 Å². The summed E-state index contributed by atoms with van der Waals surface area (Å²) in [7, 11) is 0. The van der Waals surface area contributed by atoms with Crippen molar-refractivity contribution in [1.82, 2.24) is 9.97 Å². The summed E-state index contributed by atoms with van der Waals surface area (Å²) >= 11 is 0. The van der Waals surface area contributed by atoms with Crippen LogP contribution in [0.1, 0.15) is 54.6 Å². The molecule has 0 unspecified atom stereocenters. The molecule has 2 heterocycles. The highest BCUT2D eigenvalue weighted by Gasteiger charge is 2.59. The summed E-state index contributed by atoms with van der Waals surface area (Å²) in [5.41, 5.74) is 7.75. The van der Waals surface area contributed by atoms with E-state index in [0.717, 1.165) is 34.4 Å². The lowest BCUT2D eigenvalue weighted by Gasteiger charge is -2.61. The minimum atomic E-state index is -0.104. The molecule has 4 fully saturated rings. The Kier molecular flexibility index (Phi) is 4.73. The normalized spacial score (nSPS) is 25.4. The maximum Gasteiger partial charge on any atom is 0.0998 e. The van der Waals surface area contributed by atoms with Crippen LogP contribution in [0.2, 0.25) is 0 Å². The molecule has 0 radical (unpaired) electrons. The van der Waals surface area contributed by atoms with Gasteiger partial charge in [-0.25, -0.2) is 0 Å². The summed E-state index contributed by atoms with van der Waals surface area (Å²) in [6.07, 6.45) is 6.51. The van der Waals surface area contributed by atoms with Gasteiger partial charge in [0, 0.05) is 33.9 Å². The van der Waals surface area contributed by atoms with Crippen LogP contribution in [-0.2, 0) is 5.41 Å². The third-order valence-electron chi connectivity index (χ3n) is 9.36. The van der Waals surface area contributed by atoms with Gasteiger partial charge in [0.25, 0.3) is 0 Å². The molecule has 0 aliphatic heterocycles. The van der Waals surface area contributed by atoms with Gasteiger partial charge in [0.15, 0.2) is 0 Å². The van der Waals surface area contributed by atoms with Crippen LogP contribution in [0, 0.1) is 46.3 Å². The number of nitrogens with zero attached hydrogens (tertiary/aromatic N) is 2. The summed E-state index contributed by atoms with van der Waals surface area (Å²) in [4.78, 5) is 7.64. The van der Waals surface area contributed by atoms with Crippen LogP contribution < -0.4 is 0 Å². The van der Waals surface area contributed by atoms with Crippen LogP contribution >= 0.6 is 0 Å². The molecular formula is C32H28N4. The Labute approximate surface area is 211 Å². The molecule has 4 aliphatic rings. The summed E-state index contributed by atoms with van der Waals surface area (Å²) in [6.45, 7) is 0. The first-order valence-corrected chi connectivity index (χ1v) is 13.1. The van der Waals surface area contributed by atoms with Crippen LogP contribution in [0.25, 0.3) is 22.5 Å². The molecule has 0 amide bonds. The van der Waals surface area contributed by atoms with Gasteiger partial charge in [0.1, 0.15) is 0 Å². The molecule has 4 aromatic rings. The number of nitriles is 2. The van der Waals surface area contributed by atoms with E-state index in [4.69, 9.17) is 0 Å². The number of hydrogen-bond donors (Lipinski definition) is 2. The topological polar surface area (TPSA) is 79.2 Å². The van der Waals surface area contributed by atoms with E-state index in [2.05, 4.69) is 46.4 Å². The van der Waals surface area contributed by atoms with Crippen LogP contribution in [0.4, 0.5) is 0 Å². The van der Waals surface area contributed by atoms with Gasteiger partial charge in [0.2, 0.25) is 0 Å². The average molecular weight is 469 g/mol. The van der Waals surface area contributed by atoms with Crippen molar-refractivity contribution in [3.8, 4) is 34.7 Å². The Balaban J connectivity index is 1.39. The van der Waals surface area contributed by atoms with Crippen LogP contribution in [0.3, 0.4) is 0 Å². The maximum atomic E-state index is 9.69. The van der Waals surface area contributed by atoms with Crippen molar-refractivity contribution in [2.24, 2.45) is 23.7 Å². The zero-order valence-corrected chi connectivity index (χ0v) is 20.2. The van der Waals surface area contributed by atoms with E-state index in [1.54, 1.807) is 0 Å². The highest BCUT2D eigenvalue weighted by Crippen LogP contribution is 2.65. The van der Waals surface area contributed by atoms with Crippen molar-refractivity contribution in [3.63, 3.8) is 0 Å². The zero-order valence-electron chi connectivity index (χ0n) is 20.2. The zero-order chi connectivity index (χ0) is 24.3. The summed E-state index contributed by atoms with van der Waals surface area (Å²) in [5, 5.41) is 19.4. The molecule has 4 nitrogen and oxygen atoms in total. The van der Waals surface area contributed by atoms with E-state index in [-0.39, 0.29) is 5.41 Å². The molecule has 0 atom stereocenters. The quantitative estimate of drug-likeness (QED) is 0.333. The fourth-order valence-electron chi connectivity index (χ4n) is 8.17. The van der Waals surface area contributed by atoms with E-state index < -0.39 is 0 Å². The number of aromatic amines is 2. The fraction of sp³-hybridized carbons (Fsp3) is 0.312. The maximum absolute atomic E-state index is 9.69. The van der Waals surface area contributed by atoms with E-state index in [1.165, 1.54) is 43.5 Å². The first kappa shape index (κ1) is 21.3. The van der Waals surface area contributed by atoms with E-state index >= 15 is 0 Å². The molecule has 4 heteroatoms. The first-order chi connectivity index (χ1) is 17.7. The van der Waals surface area contributed by atoms with Crippen molar-refractivity contribution in [1.29, 1.82) is 10.5 Å². The van der Waals surface area contributed by atoms with Gasteiger partial charge in [-0.2, -0.15) is 10.5 Å². The molecule has 2 aromatic carbocycles. The van der Waals surface area contributed by atoms with Crippen molar-refractivity contribution >= 4 is 0 Å². The third-order valence-corrected chi connectivity index (χ3v) is 9.36. The molecule has 4 aliphatic carbocycles. The second-order valence-electron chi connectivity index (χ2n) is 11.1. The fourth-order valence-corrected chi connectivity index (χ4v) is 8.17. The van der Waals surface area contributed by atoms with Gasteiger partial charge < -0.3 is 9.97 Å². The molecule has 0 spiro atoms. The number of H-pyrrole nitrogens is 2. The monoisotopic (exact) mass is 468 g/mol. The van der Waals surface area contributed by atoms with Crippen LogP contribution in [0.5, 0.6) is 0 Å². The highest BCUT2D eigenvalue weighted by atomic mass is 14.9. The van der Waals surface area contributed by atoms with E-state index in [0.29, 0.717) is 23.0 Å². The largest absolute Gasteiger partial charge is 0.358 e. The van der Waals surface area contributed by atoms with Crippen molar-refractivity contribution < 1.29 is 0 Å². The number of hydrogen-bond acceptors (Lipinski definition) is 2. The van der Waals surface area contributed by atoms with Gasteiger partial charge in [-0.1, -0.05) is 36.4 Å². The number of aromatic nitrogens is 2. The van der Waals surface area contributed by atoms with Crippen LogP contribution in [0.15, 0.2) is 72.8 Å². The third kappa shape index (κ3) is 2.98. The minimum absolute atomic E-state index is 0.104. The molecule has 176 valence electrons. The lowest BCUT2D eigenvalue weighted by molar-refractivity contribution is -0.0448. The second-order valence-corrected chi connectivity index (χ2v) is 11.1. The Morgan fingerprint density at radius 3 is 1.47 bits per heavy atom. The van der Waals surface area contributed by atoms with Gasteiger partial charge in [-0.15, -0.1) is 0 Å². The van der Waals surface area contributed by atoms with Gasteiger partial charge in [-0.3, -0.25) is 0 Å². The molecule has 4 saturated carbocycles. The first-order valence-electron chi connectivity index (χ1n) is 13.1. The van der Waals surface area contributed by atoms with Crippen LogP contribution in [-0.4, -0.2) is 9.97 Å². The van der Waals surface area contributed by atoms with Gasteiger partial charge in [-0.05, 0) is 92.2 Å². The molecule has 4 bridgehead atoms. The molecule has 2 aromatic heterocycles. The Hall–Kier alpha value is -4.02. The lowest BCUT2D eigenvalue weighted by atomic mass is 9.43. The minimum Gasteiger partial charge on any atom is -0.358 e. The van der Waals surface area contributed by atoms with Gasteiger partial charge >= 0.3 is 0 Å². The number of benzene rings is 2. The Bertz CT molecular complexity index is 1410. The average Bonchev–Trinajstić information content (AvgIpc) is 3.60. The number of nitrogens with one attached hydrogen (secondary N) is 2. The predicted molar refractivity (Wildman–Crippen MR) is 140 cm³/mol. The highest BCUT2D eigenvalue weighted by molar-refractivity contribution is 5.70. The predicted octanol–water partition coefficient (Wildman–Crippen LogP) is 7.16. The summed E-state index contributed by atoms with van der Waals surface area (Å²) < 4.78 is 0. The van der Waals surface area contributed by atoms with Crippen molar-refractivity contribution in [2.75, 3.05) is 0 Å². The van der Waals surface area contributed by atoms with E-state index in [9.17, 15) is 10.5 Å². The molecule has 36 heavy (non-hydrogen) atoms. The lowest BCUT2D eigenvalue weighted by Crippen LogP contribution is -2.56. The molecular weight excluding hydrogens is 440 g/mol. The second kappa shape index (κ2) is 8.00. The summed E-state index contributed by atoms with van der Waals surface area (Å²) in [5.74, 6) is 2.87. The van der Waals surface area contributed by atoms with Crippen molar-refractivity contribution in [2.45, 2.75) is 37.5 Å². The Morgan fingerprint density at radius 1 is 0.583 bits per heavy atom. The smallest absolute Gasteiger partial charge is 0.0998 e. The SMILES string of the molecule is N#Cc1ccccc1-c1ccc(C2(c3ccc(-c4ccccc4C#N)[nH]3)C3CC4CC(C3)CC2C4)[nH]1.